The maximum atomic E-state index is 12.1. The molecule has 8 bridgehead atoms. The van der Waals surface area contributed by atoms with E-state index < -0.39 is 130 Å². The minimum atomic E-state index is -0.865. The Hall–Kier alpha value is -8.03. The van der Waals surface area contributed by atoms with Crippen LogP contribution < -0.4 is 0 Å². The molecule has 0 N–H and O–H groups in total. The van der Waals surface area contributed by atoms with Gasteiger partial charge < -0.3 is 80.5 Å². The zero-order chi connectivity index (χ0) is 82.8. The highest BCUT2D eigenvalue weighted by Gasteiger charge is 2.68. The van der Waals surface area contributed by atoms with E-state index in [1.165, 1.54) is 0 Å². The zero-order valence-corrected chi connectivity index (χ0v) is 67.7. The summed E-state index contributed by atoms with van der Waals surface area (Å²) in [6.07, 6.45) is 3.85. The Balaban J connectivity index is 0.000000155. The van der Waals surface area contributed by atoms with Crippen LogP contribution in [0.15, 0.2) is 0 Å². The Morgan fingerprint density at radius 2 is 0.598 bits per heavy atom. The summed E-state index contributed by atoms with van der Waals surface area (Å²) >= 11 is 0. The van der Waals surface area contributed by atoms with E-state index in [2.05, 4.69) is 4.74 Å². The second kappa shape index (κ2) is 35.0. The van der Waals surface area contributed by atoms with E-state index in [9.17, 15) is 71.9 Å². The minimum absolute atomic E-state index is 0.00636. The van der Waals surface area contributed by atoms with Crippen LogP contribution in [0.4, 0.5) is 0 Å². The lowest BCUT2D eigenvalue weighted by molar-refractivity contribution is -0.172. The Morgan fingerprint density at radius 3 is 0.946 bits per heavy atom. The van der Waals surface area contributed by atoms with Crippen LogP contribution in [0.5, 0.6) is 0 Å². The Kier molecular flexibility index (Phi) is 27.5. The van der Waals surface area contributed by atoms with Gasteiger partial charge in [0.2, 0.25) is 12.2 Å². The molecule has 0 aromatic carbocycles. The third kappa shape index (κ3) is 19.2. The number of hydrogen-bond donors (Lipinski definition) is 0. The molecule has 14 rings (SSSR count). The van der Waals surface area contributed by atoms with Gasteiger partial charge in [-0.1, -0.05) is 41.5 Å². The van der Waals surface area contributed by atoms with Crippen LogP contribution in [0.2, 0.25) is 0 Å². The molecule has 626 valence electrons. The van der Waals surface area contributed by atoms with Gasteiger partial charge >= 0.3 is 89.5 Å². The Bertz CT molecular complexity index is 3420. The third-order valence-electron chi connectivity index (χ3n) is 25.3. The smallest absolute Gasteiger partial charge is 0.347 e. The van der Waals surface area contributed by atoms with Gasteiger partial charge in [0, 0.05) is 36.5 Å². The van der Waals surface area contributed by atoms with Crippen LogP contribution in [0.3, 0.4) is 0 Å². The summed E-state index contributed by atoms with van der Waals surface area (Å²) in [5, 5.41) is 0. The van der Waals surface area contributed by atoms with Crippen molar-refractivity contribution in [2.24, 2.45) is 79.8 Å². The molecule has 0 radical (unpaired) electrons. The van der Waals surface area contributed by atoms with Crippen molar-refractivity contribution < 1.29 is 152 Å². The molecule has 112 heavy (non-hydrogen) atoms. The number of ether oxygens (including phenoxy) is 17. The van der Waals surface area contributed by atoms with Crippen molar-refractivity contribution in [2.75, 3.05) is 33.0 Å². The van der Waals surface area contributed by atoms with Gasteiger partial charge in [-0.05, 0) is 160 Å². The molecule has 4 saturated carbocycles. The topological polar surface area (TPSA) is 413 Å². The van der Waals surface area contributed by atoms with E-state index in [-0.39, 0.29) is 139 Å². The highest BCUT2D eigenvalue weighted by Crippen LogP contribution is 2.57. The molecular weight excluding hydrogens is 1470 g/mol. The molecular formula is C80H114O32. The fourth-order valence-corrected chi connectivity index (χ4v) is 15.3. The normalized spacial score (nSPS) is 32.9. The van der Waals surface area contributed by atoms with E-state index in [1.54, 1.807) is 55.4 Å². The van der Waals surface area contributed by atoms with Crippen molar-refractivity contribution in [1.29, 1.82) is 0 Å². The maximum absolute atomic E-state index is 12.1. The van der Waals surface area contributed by atoms with Gasteiger partial charge in [-0.25, -0.2) is 24.0 Å². The standard InChI is InChI=1S/C16H22O6.C15H20O7.C14H20O4.C13H18O5.C12H18O6.C10H16O4/c1-4-16(2,3)15(19)20-7-11(17)21-12-8-5-9-10(6-8)14(18)22-13(9)12;1-4-15(2,3)14(18)19-6-9(16)21-11-8-5-7-10(20-8)12(11)22-13(7)17;1-4-14(2,3)13(16)18-10-7-5-8-9(6-7)12(15)17-11(8)10;1-4-13(2,3)12(15)18-9-7-5-6-8(16-7)10(9)17-11(6)14;1-4-12(2,3)11(15)17-7-9(13)18-8-5-6-16-10(8)14;1-4-10(2,3)9(12)14-7-5-6-13-8(7)11/h8-10,12-13H,4-7H2,1-3H3;7-8,10-12H,4-6H2,1-3H3;7-11H,4-6H2,1-3H3;6-10H,4-5H2,1-3H3;8H,4-7H2,1-3H3;7H,4-6H2,1-3H3. The first kappa shape index (κ1) is 87.9. The molecule has 10 aliphatic heterocycles. The molecule has 0 aromatic rings. The monoisotopic (exact) mass is 1590 g/mol. The van der Waals surface area contributed by atoms with E-state index in [0.29, 0.717) is 76.2 Å². The van der Waals surface area contributed by atoms with Crippen molar-refractivity contribution in [3.63, 3.8) is 0 Å². The van der Waals surface area contributed by atoms with Crippen LogP contribution in [-0.4, -0.2) is 208 Å². The van der Waals surface area contributed by atoms with Gasteiger partial charge in [0.1, 0.15) is 36.6 Å². The van der Waals surface area contributed by atoms with E-state index in [0.717, 1.165) is 32.1 Å². The first-order chi connectivity index (χ1) is 52.4. The fourth-order valence-electron chi connectivity index (χ4n) is 15.3. The second-order valence-electron chi connectivity index (χ2n) is 35.2. The summed E-state index contributed by atoms with van der Waals surface area (Å²) in [5.74, 6) is -5.02. The number of cyclic esters (lactones) is 2. The number of fused-ring (bicyclic) bond motifs is 4. The molecule has 14 aliphatic rings. The van der Waals surface area contributed by atoms with Gasteiger partial charge in [0.25, 0.3) is 0 Å². The van der Waals surface area contributed by atoms with Crippen LogP contribution in [0, 0.1) is 79.8 Å². The van der Waals surface area contributed by atoms with Crippen molar-refractivity contribution in [1.82, 2.24) is 0 Å². The van der Waals surface area contributed by atoms with Gasteiger partial charge in [-0.2, -0.15) is 0 Å². The van der Waals surface area contributed by atoms with Crippen LogP contribution in [0.25, 0.3) is 0 Å². The summed E-state index contributed by atoms with van der Waals surface area (Å²) in [5.41, 5.74) is -3.37. The molecule has 10 heterocycles. The molecule has 22 unspecified atom stereocenters. The highest BCUT2D eigenvalue weighted by atomic mass is 16.7. The van der Waals surface area contributed by atoms with Gasteiger partial charge in [0.15, 0.2) is 44.2 Å². The lowest BCUT2D eigenvalue weighted by atomic mass is 9.87. The number of rotatable bonds is 24. The van der Waals surface area contributed by atoms with E-state index >= 15 is 0 Å². The maximum Gasteiger partial charge on any atom is 0.347 e. The zero-order valence-electron chi connectivity index (χ0n) is 67.7. The van der Waals surface area contributed by atoms with Gasteiger partial charge in [-0.3, -0.25) is 47.9 Å². The lowest BCUT2D eigenvalue weighted by Crippen LogP contribution is -2.42. The summed E-state index contributed by atoms with van der Waals surface area (Å²) in [6.45, 7) is 32.4. The number of carbonyl (C=O) groups is 15. The van der Waals surface area contributed by atoms with Crippen LogP contribution >= 0.6 is 0 Å². The molecule has 0 aromatic heterocycles. The molecule has 4 aliphatic carbocycles. The summed E-state index contributed by atoms with van der Waals surface area (Å²) in [7, 11) is 0. The SMILES string of the molecule is CCC(C)(C)C(=O)OC1C2CC3C(=O)OC1C3C2.CCC(C)(C)C(=O)OC1C2CC3C(=O)OC1C3O2.CCC(C)(C)C(=O)OC1CCOC1=O.CCC(C)(C)C(=O)OCC(=O)OC1C2CC3C(=O)OC1C3C2.CCC(C)(C)C(=O)OCC(=O)OC1C2CC3C(=O)OC1C3O2.CCC(C)(C)C(=O)OCC(=O)OC1CCOC1=O. The molecule has 32 heteroatoms. The Morgan fingerprint density at radius 1 is 0.312 bits per heavy atom. The average molecular weight is 1590 g/mol. The first-order valence-electron chi connectivity index (χ1n) is 39.6. The lowest BCUT2D eigenvalue weighted by Gasteiger charge is -2.29. The molecule has 14 fully saturated rings. The molecule has 22 atom stereocenters. The summed E-state index contributed by atoms with van der Waals surface area (Å²) < 4.78 is 88.5. The number of hydrogen-bond acceptors (Lipinski definition) is 32. The fraction of sp³-hybridized carbons (Fsp3) is 0.812. The van der Waals surface area contributed by atoms with Crippen LogP contribution in [0.1, 0.15) is 215 Å². The van der Waals surface area contributed by atoms with Crippen molar-refractivity contribution in [3.05, 3.63) is 0 Å². The van der Waals surface area contributed by atoms with Crippen molar-refractivity contribution in [3.8, 4) is 0 Å². The van der Waals surface area contributed by atoms with Crippen molar-refractivity contribution in [2.45, 2.75) is 300 Å². The van der Waals surface area contributed by atoms with Crippen molar-refractivity contribution >= 4 is 89.5 Å². The first-order valence-corrected chi connectivity index (χ1v) is 39.6. The minimum Gasteiger partial charge on any atom is -0.463 e. The quantitative estimate of drug-likeness (QED) is 0.0685. The molecule has 10 saturated heterocycles. The van der Waals surface area contributed by atoms with Gasteiger partial charge in [-0.15, -0.1) is 0 Å². The van der Waals surface area contributed by atoms with E-state index in [1.807, 2.05) is 69.2 Å². The predicted molar refractivity (Wildman–Crippen MR) is 380 cm³/mol. The number of carbonyl (C=O) groups excluding carboxylic acids is 15. The molecule has 32 nitrogen and oxygen atoms in total. The van der Waals surface area contributed by atoms with Gasteiger partial charge in [0.05, 0.1) is 81.6 Å². The molecule has 0 amide bonds. The second-order valence-corrected chi connectivity index (χ2v) is 35.2. The highest BCUT2D eigenvalue weighted by molar-refractivity contribution is 5.86. The number of esters is 15. The van der Waals surface area contributed by atoms with Crippen LogP contribution in [-0.2, 0) is 152 Å². The molecule has 0 spiro atoms. The predicted octanol–water partition coefficient (Wildman–Crippen LogP) is 7.12. The Labute approximate surface area is 652 Å². The summed E-state index contributed by atoms with van der Waals surface area (Å²) in [6, 6.07) is 0. The van der Waals surface area contributed by atoms with E-state index in [4.69, 9.17) is 75.8 Å². The third-order valence-corrected chi connectivity index (χ3v) is 25.3. The average Bonchev–Trinajstić information content (AvgIpc) is 1.60. The summed E-state index contributed by atoms with van der Waals surface area (Å²) in [4.78, 5) is 175. The largest absolute Gasteiger partial charge is 0.463 e.